The highest BCUT2D eigenvalue weighted by atomic mass is 16.2. The van der Waals surface area contributed by atoms with Gasteiger partial charge < -0.3 is 14.9 Å². The van der Waals surface area contributed by atoms with Gasteiger partial charge in [0.1, 0.15) is 5.65 Å². The lowest BCUT2D eigenvalue weighted by molar-refractivity contribution is 0.248. The Kier molecular flexibility index (Phi) is 2.72. The number of piperidine rings is 1. The second-order valence-electron chi connectivity index (χ2n) is 5.97. The number of nitrogens with zero attached hydrogens (tertiary/aromatic N) is 2. The Morgan fingerprint density at radius 3 is 3.00 bits per heavy atom. The number of likely N-dealkylation sites (tertiary alicyclic amines) is 1. The lowest BCUT2D eigenvalue weighted by Gasteiger charge is -2.30. The Morgan fingerprint density at radius 1 is 1.40 bits per heavy atom. The van der Waals surface area contributed by atoms with E-state index in [0.29, 0.717) is 5.92 Å². The van der Waals surface area contributed by atoms with E-state index in [9.17, 15) is 5.02 Å². The van der Waals surface area contributed by atoms with Crippen LogP contribution in [-0.2, 0) is 0 Å². The smallest absolute Gasteiger partial charge is 0.353 e. The largest absolute Gasteiger partial charge is 0.443 e. The molecule has 4 heterocycles. The molecular weight excluding hydrogens is 249 g/mol. The standard InChI is InChI=1S/C15H18BN3O/c1-19-6-3-10(4-7-19)12-8-16(20)13-9-18-15-11(14(12)13)2-5-17-15/h2,5,8-10,20H,3-4,6-7H2,1H3,(H,17,18). The predicted molar refractivity (Wildman–Crippen MR) is 81.9 cm³/mol. The van der Waals surface area contributed by atoms with Gasteiger partial charge in [-0.15, -0.1) is 0 Å². The molecule has 0 atom stereocenters. The van der Waals surface area contributed by atoms with Crippen molar-refractivity contribution in [1.82, 2.24) is 14.9 Å². The molecule has 20 heavy (non-hydrogen) atoms. The molecule has 102 valence electrons. The third-order valence-electron chi connectivity index (χ3n) is 4.72. The first-order chi connectivity index (χ1) is 9.74. The van der Waals surface area contributed by atoms with Crippen LogP contribution in [0.2, 0.25) is 0 Å². The molecule has 2 aromatic rings. The summed E-state index contributed by atoms with van der Waals surface area (Å²) >= 11 is 0. The van der Waals surface area contributed by atoms with Crippen LogP contribution in [-0.4, -0.2) is 46.9 Å². The summed E-state index contributed by atoms with van der Waals surface area (Å²) in [5.74, 6) is 2.59. The number of fused-ring (bicyclic) bond motifs is 3. The van der Waals surface area contributed by atoms with Crippen molar-refractivity contribution in [3.05, 3.63) is 30.0 Å². The van der Waals surface area contributed by atoms with Crippen molar-refractivity contribution in [2.75, 3.05) is 20.1 Å². The van der Waals surface area contributed by atoms with E-state index in [1.54, 1.807) is 0 Å². The molecule has 2 N–H and O–H groups in total. The van der Waals surface area contributed by atoms with E-state index in [-0.39, 0.29) is 0 Å². The van der Waals surface area contributed by atoms with Gasteiger partial charge in [-0.05, 0) is 61.6 Å². The maximum absolute atomic E-state index is 10.3. The molecule has 0 amide bonds. The van der Waals surface area contributed by atoms with E-state index in [0.717, 1.165) is 29.6 Å². The maximum Gasteiger partial charge on any atom is 0.353 e. The Labute approximate surface area is 118 Å². The van der Waals surface area contributed by atoms with Crippen molar-refractivity contribution in [3.63, 3.8) is 0 Å². The normalized spacial score (nSPS) is 20.5. The average molecular weight is 267 g/mol. The van der Waals surface area contributed by atoms with Crippen molar-refractivity contribution in [3.8, 4) is 0 Å². The number of pyridine rings is 1. The van der Waals surface area contributed by atoms with E-state index in [1.807, 2.05) is 18.4 Å². The van der Waals surface area contributed by atoms with E-state index in [4.69, 9.17) is 0 Å². The third kappa shape index (κ3) is 1.73. The molecule has 4 rings (SSSR count). The molecule has 0 saturated carbocycles. The lowest BCUT2D eigenvalue weighted by Crippen LogP contribution is -2.30. The molecule has 0 aliphatic carbocycles. The minimum Gasteiger partial charge on any atom is -0.443 e. The summed E-state index contributed by atoms with van der Waals surface area (Å²) in [6.07, 6.45) is 6.08. The summed E-state index contributed by atoms with van der Waals surface area (Å²) in [6, 6.07) is 2.07. The number of hydrogen-bond acceptors (Lipinski definition) is 3. The number of hydrogen-bond donors (Lipinski definition) is 2. The van der Waals surface area contributed by atoms with Gasteiger partial charge in [0.15, 0.2) is 0 Å². The van der Waals surface area contributed by atoms with Gasteiger partial charge in [0.05, 0.1) is 0 Å². The molecule has 5 heteroatoms. The molecule has 0 spiro atoms. The van der Waals surface area contributed by atoms with Gasteiger partial charge in [-0.3, -0.25) is 0 Å². The number of nitrogens with one attached hydrogen (secondary N) is 1. The summed E-state index contributed by atoms with van der Waals surface area (Å²) in [5, 5.41) is 11.4. The van der Waals surface area contributed by atoms with Crippen molar-refractivity contribution < 1.29 is 5.02 Å². The number of allylic oxidation sites excluding steroid dienone is 1. The molecule has 2 aliphatic heterocycles. The monoisotopic (exact) mass is 267 g/mol. The van der Waals surface area contributed by atoms with Gasteiger partial charge in [0.2, 0.25) is 0 Å². The zero-order valence-electron chi connectivity index (χ0n) is 11.6. The van der Waals surface area contributed by atoms with Gasteiger partial charge in [0.25, 0.3) is 0 Å². The zero-order valence-corrected chi connectivity index (χ0v) is 11.6. The first-order valence-electron chi connectivity index (χ1n) is 7.28. The van der Waals surface area contributed by atoms with Crippen molar-refractivity contribution in [1.29, 1.82) is 0 Å². The number of aromatic nitrogens is 2. The van der Waals surface area contributed by atoms with E-state index >= 15 is 0 Å². The fraction of sp³-hybridized carbons (Fsp3) is 0.400. The van der Waals surface area contributed by atoms with Gasteiger partial charge in [0, 0.05) is 17.8 Å². The first-order valence-corrected chi connectivity index (χ1v) is 7.28. The zero-order chi connectivity index (χ0) is 13.7. The fourth-order valence-electron chi connectivity index (χ4n) is 3.57. The quantitative estimate of drug-likeness (QED) is 0.759. The van der Waals surface area contributed by atoms with Gasteiger partial charge in [-0.1, -0.05) is 5.98 Å². The van der Waals surface area contributed by atoms with E-state index in [1.165, 1.54) is 24.0 Å². The maximum atomic E-state index is 10.3. The lowest BCUT2D eigenvalue weighted by atomic mass is 9.65. The molecular formula is C15H18BN3O. The Morgan fingerprint density at radius 2 is 2.20 bits per heavy atom. The highest BCUT2D eigenvalue weighted by Crippen LogP contribution is 2.36. The van der Waals surface area contributed by atoms with Crippen LogP contribution in [0.3, 0.4) is 0 Å². The summed E-state index contributed by atoms with van der Waals surface area (Å²) in [7, 11) is 2.18. The van der Waals surface area contributed by atoms with Crippen LogP contribution >= 0.6 is 0 Å². The second-order valence-corrected chi connectivity index (χ2v) is 5.97. The van der Waals surface area contributed by atoms with Crippen molar-refractivity contribution in [2.24, 2.45) is 5.92 Å². The molecule has 1 fully saturated rings. The van der Waals surface area contributed by atoms with Gasteiger partial charge >= 0.3 is 6.92 Å². The summed E-state index contributed by atoms with van der Waals surface area (Å²) in [6.45, 7) is 1.77. The topological polar surface area (TPSA) is 52.1 Å². The number of aromatic amines is 1. The Balaban J connectivity index is 1.80. The number of rotatable bonds is 1. The summed E-state index contributed by atoms with van der Waals surface area (Å²) in [5.41, 5.74) is 4.42. The van der Waals surface area contributed by atoms with Gasteiger partial charge in [-0.25, -0.2) is 4.98 Å². The van der Waals surface area contributed by atoms with Crippen LogP contribution in [0.25, 0.3) is 16.6 Å². The van der Waals surface area contributed by atoms with Gasteiger partial charge in [-0.2, -0.15) is 0 Å². The van der Waals surface area contributed by atoms with E-state index < -0.39 is 6.92 Å². The molecule has 0 aromatic carbocycles. The predicted octanol–water partition coefficient (Wildman–Crippen LogP) is 1.03. The average Bonchev–Trinajstić information content (AvgIpc) is 3.04. The minimum absolute atomic E-state index is 0.494. The fourth-order valence-corrected chi connectivity index (χ4v) is 3.57. The third-order valence-corrected chi connectivity index (χ3v) is 4.72. The highest BCUT2D eigenvalue weighted by Gasteiger charge is 2.33. The summed E-state index contributed by atoms with van der Waals surface area (Å²) < 4.78 is 0. The van der Waals surface area contributed by atoms with Crippen molar-refractivity contribution in [2.45, 2.75) is 12.8 Å². The molecule has 0 unspecified atom stereocenters. The second kappa shape index (κ2) is 4.47. The SMILES string of the molecule is CN1CCC(C2=CB(O)c3cnc4[nH]ccc4c32)CC1. The Hall–Kier alpha value is -1.59. The highest BCUT2D eigenvalue weighted by molar-refractivity contribution is 6.75. The van der Waals surface area contributed by atoms with Crippen LogP contribution in [0.5, 0.6) is 0 Å². The molecule has 0 bridgehead atoms. The van der Waals surface area contributed by atoms with Crippen LogP contribution < -0.4 is 5.46 Å². The first kappa shape index (κ1) is 12.2. The molecule has 2 aliphatic rings. The summed E-state index contributed by atoms with van der Waals surface area (Å²) in [4.78, 5) is 9.94. The van der Waals surface area contributed by atoms with Crippen LogP contribution in [0, 0.1) is 5.92 Å². The van der Waals surface area contributed by atoms with Crippen molar-refractivity contribution >= 4 is 29.0 Å². The van der Waals surface area contributed by atoms with Crippen LogP contribution in [0.1, 0.15) is 18.4 Å². The minimum atomic E-state index is -0.494. The Bertz CT molecular complexity index is 685. The van der Waals surface area contributed by atoms with Crippen LogP contribution in [0.15, 0.2) is 24.4 Å². The van der Waals surface area contributed by atoms with Crippen LogP contribution in [0.4, 0.5) is 0 Å². The molecule has 2 aromatic heterocycles. The van der Waals surface area contributed by atoms with E-state index in [2.05, 4.69) is 28.0 Å². The number of H-pyrrole nitrogens is 1. The molecule has 0 radical (unpaired) electrons. The molecule has 1 saturated heterocycles. The molecule has 4 nitrogen and oxygen atoms in total.